The Labute approximate surface area is 106 Å². The van der Waals surface area contributed by atoms with Gasteiger partial charge in [0.25, 0.3) is 0 Å². The van der Waals surface area contributed by atoms with E-state index in [1.54, 1.807) is 11.8 Å². The highest BCUT2D eigenvalue weighted by molar-refractivity contribution is 7.98. The van der Waals surface area contributed by atoms with E-state index >= 15 is 0 Å². The molecule has 0 N–H and O–H groups in total. The Balaban J connectivity index is 2.51. The average Bonchev–Trinajstić information content (AvgIpc) is 2.35. The third kappa shape index (κ3) is 2.52. The molecular formula is C15H16OS. The molecule has 2 aromatic rings. The van der Waals surface area contributed by atoms with Crippen LogP contribution in [0.5, 0.6) is 0 Å². The summed E-state index contributed by atoms with van der Waals surface area (Å²) < 4.78 is 0. The zero-order valence-electron chi connectivity index (χ0n) is 10.2. The SMILES string of the molecule is CSCCC(=O)c1c(C)ccc2ccccc12. The number of thioether (sulfide) groups is 1. The lowest BCUT2D eigenvalue weighted by molar-refractivity contribution is 0.0990. The zero-order chi connectivity index (χ0) is 12.3. The first kappa shape index (κ1) is 12.2. The quantitative estimate of drug-likeness (QED) is 0.754. The lowest BCUT2D eigenvalue weighted by atomic mass is 9.96. The Hall–Kier alpha value is -1.28. The maximum Gasteiger partial charge on any atom is 0.164 e. The number of Topliss-reactive ketones (excluding diaryl/α,β-unsaturated/α-hetero) is 1. The van der Waals surface area contributed by atoms with Crippen LogP contribution in [0.4, 0.5) is 0 Å². The van der Waals surface area contributed by atoms with E-state index in [0.717, 1.165) is 27.7 Å². The molecule has 0 aliphatic carbocycles. The van der Waals surface area contributed by atoms with Crippen molar-refractivity contribution in [2.45, 2.75) is 13.3 Å². The third-order valence-corrected chi connectivity index (χ3v) is 3.56. The van der Waals surface area contributed by atoms with Crippen molar-refractivity contribution >= 4 is 28.3 Å². The molecule has 0 unspecified atom stereocenters. The van der Waals surface area contributed by atoms with Gasteiger partial charge in [0.15, 0.2) is 5.78 Å². The Bertz CT molecular complexity index is 546. The average molecular weight is 244 g/mol. The van der Waals surface area contributed by atoms with E-state index in [2.05, 4.69) is 12.1 Å². The second-order valence-electron chi connectivity index (χ2n) is 4.14. The van der Waals surface area contributed by atoms with Gasteiger partial charge in [-0.25, -0.2) is 0 Å². The molecule has 0 aromatic heterocycles. The number of carbonyl (C=O) groups is 1. The van der Waals surface area contributed by atoms with Crippen molar-refractivity contribution in [3.8, 4) is 0 Å². The first-order chi connectivity index (χ1) is 8.24. The fourth-order valence-corrected chi connectivity index (χ4v) is 2.46. The second-order valence-corrected chi connectivity index (χ2v) is 5.13. The molecule has 0 saturated heterocycles. The summed E-state index contributed by atoms with van der Waals surface area (Å²) in [6, 6.07) is 12.2. The molecule has 0 saturated carbocycles. The zero-order valence-corrected chi connectivity index (χ0v) is 11.0. The lowest BCUT2D eigenvalue weighted by Gasteiger charge is -2.09. The van der Waals surface area contributed by atoms with Crippen molar-refractivity contribution in [3.05, 3.63) is 47.5 Å². The number of rotatable bonds is 4. The monoisotopic (exact) mass is 244 g/mol. The maximum absolute atomic E-state index is 12.2. The van der Waals surface area contributed by atoms with Crippen molar-refractivity contribution in [2.24, 2.45) is 0 Å². The van der Waals surface area contributed by atoms with Crippen LogP contribution in [0.25, 0.3) is 10.8 Å². The fraction of sp³-hybridized carbons (Fsp3) is 0.267. The van der Waals surface area contributed by atoms with Crippen molar-refractivity contribution < 1.29 is 4.79 Å². The number of fused-ring (bicyclic) bond motifs is 1. The molecular weight excluding hydrogens is 228 g/mol. The molecule has 0 aliphatic heterocycles. The highest BCUT2D eigenvalue weighted by Gasteiger charge is 2.12. The topological polar surface area (TPSA) is 17.1 Å². The Morgan fingerprint density at radius 1 is 1.18 bits per heavy atom. The number of ketones is 1. The van der Waals surface area contributed by atoms with Gasteiger partial charge < -0.3 is 0 Å². The molecule has 0 radical (unpaired) electrons. The normalized spacial score (nSPS) is 10.7. The van der Waals surface area contributed by atoms with E-state index in [9.17, 15) is 4.79 Å². The molecule has 0 heterocycles. The van der Waals surface area contributed by atoms with Crippen LogP contribution in [-0.2, 0) is 0 Å². The number of benzene rings is 2. The first-order valence-corrected chi connectivity index (χ1v) is 7.14. The Morgan fingerprint density at radius 2 is 1.94 bits per heavy atom. The van der Waals surface area contributed by atoms with Crippen LogP contribution in [-0.4, -0.2) is 17.8 Å². The molecule has 0 aliphatic rings. The summed E-state index contributed by atoms with van der Waals surface area (Å²) >= 11 is 1.72. The molecule has 17 heavy (non-hydrogen) atoms. The largest absolute Gasteiger partial charge is 0.294 e. The summed E-state index contributed by atoms with van der Waals surface area (Å²) in [5, 5.41) is 2.23. The van der Waals surface area contributed by atoms with Gasteiger partial charge in [-0.15, -0.1) is 0 Å². The molecule has 2 aromatic carbocycles. The van der Waals surface area contributed by atoms with Crippen LogP contribution >= 0.6 is 11.8 Å². The predicted octanol–water partition coefficient (Wildman–Crippen LogP) is 4.08. The summed E-state index contributed by atoms with van der Waals surface area (Å²) in [6.45, 7) is 2.01. The van der Waals surface area contributed by atoms with E-state index in [4.69, 9.17) is 0 Å². The van der Waals surface area contributed by atoms with Gasteiger partial charge in [-0.1, -0.05) is 36.4 Å². The van der Waals surface area contributed by atoms with Crippen LogP contribution in [0, 0.1) is 6.92 Å². The highest BCUT2D eigenvalue weighted by Crippen LogP contribution is 2.23. The van der Waals surface area contributed by atoms with Gasteiger partial charge >= 0.3 is 0 Å². The predicted molar refractivity (Wildman–Crippen MR) is 76.0 cm³/mol. The van der Waals surface area contributed by atoms with Crippen LogP contribution in [0.3, 0.4) is 0 Å². The molecule has 1 nitrogen and oxygen atoms in total. The van der Waals surface area contributed by atoms with E-state index < -0.39 is 0 Å². The summed E-state index contributed by atoms with van der Waals surface area (Å²) in [5.41, 5.74) is 1.98. The van der Waals surface area contributed by atoms with Gasteiger partial charge in [-0.05, 0) is 29.5 Å². The van der Waals surface area contributed by atoms with Crippen molar-refractivity contribution in [1.29, 1.82) is 0 Å². The maximum atomic E-state index is 12.2. The summed E-state index contributed by atoms with van der Waals surface area (Å²) in [5.74, 6) is 1.15. The molecule has 0 amide bonds. The van der Waals surface area contributed by atoms with Gasteiger partial charge in [-0.3, -0.25) is 4.79 Å². The van der Waals surface area contributed by atoms with Gasteiger partial charge in [0.05, 0.1) is 0 Å². The van der Waals surface area contributed by atoms with Gasteiger partial charge in [0.2, 0.25) is 0 Å². The van der Waals surface area contributed by atoms with E-state index in [1.807, 2.05) is 37.4 Å². The van der Waals surface area contributed by atoms with Gasteiger partial charge in [-0.2, -0.15) is 11.8 Å². The molecule has 0 bridgehead atoms. The van der Waals surface area contributed by atoms with Crippen LogP contribution in [0.1, 0.15) is 22.3 Å². The Morgan fingerprint density at radius 3 is 2.71 bits per heavy atom. The van der Waals surface area contributed by atoms with E-state index in [-0.39, 0.29) is 5.78 Å². The standard InChI is InChI=1S/C15H16OS/c1-11-7-8-12-5-3-4-6-13(12)15(11)14(16)9-10-17-2/h3-8H,9-10H2,1-2H3. The molecule has 88 valence electrons. The van der Waals surface area contributed by atoms with Crippen molar-refractivity contribution in [2.75, 3.05) is 12.0 Å². The first-order valence-electron chi connectivity index (χ1n) is 5.74. The van der Waals surface area contributed by atoms with Crippen molar-refractivity contribution in [1.82, 2.24) is 0 Å². The minimum absolute atomic E-state index is 0.258. The smallest absolute Gasteiger partial charge is 0.164 e. The van der Waals surface area contributed by atoms with Crippen LogP contribution in [0.15, 0.2) is 36.4 Å². The fourth-order valence-electron chi connectivity index (χ4n) is 2.07. The minimum atomic E-state index is 0.258. The molecule has 2 heteroatoms. The van der Waals surface area contributed by atoms with Gasteiger partial charge in [0, 0.05) is 17.7 Å². The number of aryl methyl sites for hydroxylation is 1. The van der Waals surface area contributed by atoms with Crippen LogP contribution < -0.4 is 0 Å². The van der Waals surface area contributed by atoms with Crippen LogP contribution in [0.2, 0.25) is 0 Å². The molecule has 0 spiro atoms. The third-order valence-electron chi connectivity index (χ3n) is 2.95. The number of hydrogen-bond acceptors (Lipinski definition) is 2. The van der Waals surface area contributed by atoms with Gasteiger partial charge in [0.1, 0.15) is 0 Å². The summed E-state index contributed by atoms with van der Waals surface area (Å²) in [4.78, 5) is 12.2. The molecule has 0 atom stereocenters. The van der Waals surface area contributed by atoms with Crippen molar-refractivity contribution in [3.63, 3.8) is 0 Å². The number of hydrogen-bond donors (Lipinski definition) is 0. The summed E-state index contributed by atoms with van der Waals surface area (Å²) in [7, 11) is 0. The second kappa shape index (κ2) is 5.37. The highest BCUT2D eigenvalue weighted by atomic mass is 32.2. The van der Waals surface area contributed by atoms with E-state index in [1.165, 1.54) is 0 Å². The minimum Gasteiger partial charge on any atom is -0.294 e. The lowest BCUT2D eigenvalue weighted by Crippen LogP contribution is -2.04. The summed E-state index contributed by atoms with van der Waals surface area (Å²) in [6.07, 6.45) is 2.65. The molecule has 2 rings (SSSR count). The number of carbonyl (C=O) groups excluding carboxylic acids is 1. The molecule has 0 fully saturated rings. The van der Waals surface area contributed by atoms with E-state index in [0.29, 0.717) is 6.42 Å². The Kier molecular flexibility index (Phi) is 3.85.